The summed E-state index contributed by atoms with van der Waals surface area (Å²) in [5.41, 5.74) is 0. The normalized spacial score (nSPS) is 22.1. The van der Waals surface area contributed by atoms with Crippen molar-refractivity contribution in [2.45, 2.75) is 35.4 Å². The Hall–Kier alpha value is -0.660. The van der Waals surface area contributed by atoms with Crippen molar-refractivity contribution in [3.8, 4) is 0 Å². The van der Waals surface area contributed by atoms with Gasteiger partial charge in [-0.3, -0.25) is 4.79 Å². The van der Waals surface area contributed by atoms with Gasteiger partial charge in [-0.2, -0.15) is 0 Å². The summed E-state index contributed by atoms with van der Waals surface area (Å²) in [4.78, 5) is 25.2. The lowest BCUT2D eigenvalue weighted by molar-refractivity contribution is -0.148. The molecule has 7 heteroatoms. The fraction of sp³-hybridized carbons (Fsp3) is 0.538. The smallest absolute Gasteiger partial charge is 0.327 e. The van der Waals surface area contributed by atoms with Crippen LogP contribution in [0.1, 0.15) is 19.8 Å². The first-order chi connectivity index (χ1) is 9.63. The van der Waals surface area contributed by atoms with E-state index in [1.807, 2.05) is 17.5 Å². The van der Waals surface area contributed by atoms with Crippen molar-refractivity contribution in [2.75, 3.05) is 11.5 Å². The predicted octanol–water partition coefficient (Wildman–Crippen LogP) is 3.00. The van der Waals surface area contributed by atoms with Gasteiger partial charge in [-0.1, -0.05) is 19.4 Å². The highest BCUT2D eigenvalue weighted by molar-refractivity contribution is 8.01. The van der Waals surface area contributed by atoms with E-state index < -0.39 is 12.0 Å². The van der Waals surface area contributed by atoms with Crippen LogP contribution in [-0.4, -0.2) is 44.8 Å². The summed E-state index contributed by atoms with van der Waals surface area (Å²) in [6.45, 7) is 2.05. The number of amides is 1. The molecule has 2 rings (SSSR count). The molecule has 2 heterocycles. The number of hydrogen-bond acceptors (Lipinski definition) is 5. The van der Waals surface area contributed by atoms with Crippen LogP contribution >= 0.6 is 34.9 Å². The van der Waals surface area contributed by atoms with Gasteiger partial charge in [0.15, 0.2) is 0 Å². The average molecular weight is 331 g/mol. The first kappa shape index (κ1) is 15.7. The Morgan fingerprint density at radius 3 is 2.95 bits per heavy atom. The van der Waals surface area contributed by atoms with Crippen LogP contribution in [-0.2, 0) is 9.59 Å². The van der Waals surface area contributed by atoms with Gasteiger partial charge in [0, 0.05) is 5.75 Å². The lowest BCUT2D eigenvalue weighted by atomic mass is 10.2. The molecule has 4 nitrogen and oxygen atoms in total. The summed E-state index contributed by atoms with van der Waals surface area (Å²) >= 11 is 4.66. The lowest BCUT2D eigenvalue weighted by Gasteiger charge is -2.27. The maximum absolute atomic E-state index is 12.4. The van der Waals surface area contributed by atoms with Gasteiger partial charge in [0.25, 0.3) is 0 Å². The summed E-state index contributed by atoms with van der Waals surface area (Å²) in [5.74, 6) is -0.162. The van der Waals surface area contributed by atoms with E-state index in [0.717, 1.165) is 17.1 Å². The highest BCUT2D eigenvalue weighted by Gasteiger charge is 2.40. The summed E-state index contributed by atoms with van der Waals surface area (Å²) < 4.78 is 1.09. The lowest BCUT2D eigenvalue weighted by Crippen LogP contribution is -2.46. The van der Waals surface area contributed by atoms with Gasteiger partial charge < -0.3 is 10.0 Å². The maximum Gasteiger partial charge on any atom is 0.327 e. The zero-order chi connectivity index (χ0) is 14.5. The molecule has 20 heavy (non-hydrogen) atoms. The van der Waals surface area contributed by atoms with Crippen LogP contribution in [0.4, 0.5) is 0 Å². The minimum Gasteiger partial charge on any atom is -0.480 e. The Labute approximate surface area is 130 Å². The summed E-state index contributed by atoms with van der Waals surface area (Å²) in [6, 6.07) is 3.25. The second kappa shape index (κ2) is 7.38. The number of carbonyl (C=O) groups is 2. The van der Waals surface area contributed by atoms with E-state index in [-0.39, 0.29) is 11.3 Å². The standard InChI is InChI=1S/C13H17NO3S3/c1-2-4-11-14(9(7-19-11)13(16)17)10(15)8-20-12-5-3-6-18-12/h3,5-6,9,11H,2,4,7-8H2,1H3,(H,16,17). The Balaban J connectivity index is 2.00. The molecule has 1 aliphatic rings. The van der Waals surface area contributed by atoms with Gasteiger partial charge in [0.1, 0.15) is 6.04 Å². The van der Waals surface area contributed by atoms with Crippen molar-refractivity contribution >= 4 is 46.7 Å². The molecule has 110 valence electrons. The molecule has 1 aliphatic heterocycles. The van der Waals surface area contributed by atoms with Gasteiger partial charge >= 0.3 is 5.97 Å². The Morgan fingerprint density at radius 1 is 1.55 bits per heavy atom. The SMILES string of the molecule is CCCC1SCC(C(=O)O)N1C(=O)CSc1cccs1. The molecule has 0 bridgehead atoms. The van der Waals surface area contributed by atoms with Crippen LogP contribution in [0.3, 0.4) is 0 Å². The van der Waals surface area contributed by atoms with Crippen molar-refractivity contribution in [3.05, 3.63) is 17.5 Å². The van der Waals surface area contributed by atoms with Crippen molar-refractivity contribution in [2.24, 2.45) is 0 Å². The van der Waals surface area contributed by atoms with Gasteiger partial charge in [-0.25, -0.2) is 4.79 Å². The summed E-state index contributed by atoms with van der Waals surface area (Å²) in [6.07, 6.45) is 1.80. The number of rotatable bonds is 6. The number of nitrogens with zero attached hydrogens (tertiary/aromatic N) is 1. The number of thiophene rings is 1. The molecule has 2 unspecified atom stereocenters. The number of hydrogen-bond donors (Lipinski definition) is 1. The van der Waals surface area contributed by atoms with Gasteiger partial charge in [-0.05, 0) is 17.9 Å². The van der Waals surface area contributed by atoms with E-state index in [1.165, 1.54) is 11.8 Å². The number of aliphatic carboxylic acids is 1. The molecule has 1 aromatic rings. The fourth-order valence-electron chi connectivity index (χ4n) is 2.11. The second-order valence-electron chi connectivity index (χ2n) is 4.45. The topological polar surface area (TPSA) is 57.6 Å². The summed E-state index contributed by atoms with van der Waals surface area (Å²) in [7, 11) is 0. The largest absolute Gasteiger partial charge is 0.480 e. The van der Waals surface area contributed by atoms with Crippen molar-refractivity contribution in [3.63, 3.8) is 0 Å². The third-order valence-electron chi connectivity index (χ3n) is 3.03. The van der Waals surface area contributed by atoms with Crippen LogP contribution in [0.25, 0.3) is 0 Å². The summed E-state index contributed by atoms with van der Waals surface area (Å²) in [5, 5.41) is 11.2. The van der Waals surface area contributed by atoms with Gasteiger partial charge in [0.2, 0.25) is 5.91 Å². The molecule has 0 aliphatic carbocycles. The number of carboxylic acids is 1. The van der Waals surface area contributed by atoms with Gasteiger partial charge in [0.05, 0.1) is 15.3 Å². The van der Waals surface area contributed by atoms with Crippen molar-refractivity contribution < 1.29 is 14.7 Å². The van der Waals surface area contributed by atoms with Crippen LogP contribution in [0, 0.1) is 0 Å². The molecule has 1 amide bonds. The number of carbonyl (C=O) groups excluding carboxylic acids is 1. The van der Waals surface area contributed by atoms with Crippen LogP contribution in [0.5, 0.6) is 0 Å². The minimum absolute atomic E-state index is 0.0116. The fourth-order valence-corrected chi connectivity index (χ4v) is 5.30. The van der Waals surface area contributed by atoms with Crippen molar-refractivity contribution in [1.82, 2.24) is 4.90 Å². The molecular weight excluding hydrogens is 314 g/mol. The minimum atomic E-state index is -0.898. The maximum atomic E-state index is 12.4. The molecule has 0 radical (unpaired) electrons. The molecule has 1 N–H and O–H groups in total. The van der Waals surface area contributed by atoms with Crippen LogP contribution < -0.4 is 0 Å². The Morgan fingerprint density at radius 2 is 2.35 bits per heavy atom. The molecular formula is C13H17NO3S3. The number of thioether (sulfide) groups is 2. The van der Waals surface area contributed by atoms with E-state index in [4.69, 9.17) is 0 Å². The molecule has 2 atom stereocenters. The zero-order valence-electron chi connectivity index (χ0n) is 11.2. The highest BCUT2D eigenvalue weighted by Crippen LogP contribution is 2.33. The van der Waals surface area contributed by atoms with Gasteiger partial charge in [-0.15, -0.1) is 34.9 Å². The number of carboxylic acid groups (broad SMARTS) is 1. The van der Waals surface area contributed by atoms with Crippen LogP contribution in [0.15, 0.2) is 21.7 Å². The first-order valence-electron chi connectivity index (χ1n) is 6.45. The molecule has 0 saturated carbocycles. The predicted molar refractivity (Wildman–Crippen MR) is 84.5 cm³/mol. The van der Waals surface area contributed by atoms with E-state index in [9.17, 15) is 14.7 Å². The quantitative estimate of drug-likeness (QED) is 0.812. The monoisotopic (exact) mass is 331 g/mol. The third-order valence-corrected chi connectivity index (χ3v) is 6.51. The molecule has 0 spiro atoms. The molecule has 0 aromatic carbocycles. The second-order valence-corrected chi connectivity index (χ2v) is 7.89. The first-order valence-corrected chi connectivity index (χ1v) is 9.36. The molecule has 1 fully saturated rings. The zero-order valence-corrected chi connectivity index (χ0v) is 13.6. The molecule has 1 aromatic heterocycles. The van der Waals surface area contributed by atoms with E-state index >= 15 is 0 Å². The van der Waals surface area contributed by atoms with Crippen molar-refractivity contribution in [1.29, 1.82) is 0 Å². The Bertz CT molecular complexity index is 463. The average Bonchev–Trinajstić information content (AvgIpc) is 3.05. The Kier molecular flexibility index (Phi) is 5.80. The van der Waals surface area contributed by atoms with Crippen LogP contribution in [0.2, 0.25) is 0 Å². The third kappa shape index (κ3) is 3.71. The van der Waals surface area contributed by atoms with E-state index in [1.54, 1.807) is 28.0 Å². The highest BCUT2D eigenvalue weighted by atomic mass is 32.2. The van der Waals surface area contributed by atoms with E-state index in [2.05, 4.69) is 6.92 Å². The molecule has 1 saturated heterocycles. The van der Waals surface area contributed by atoms with E-state index in [0.29, 0.717) is 11.5 Å².